The molecule has 1 aromatic rings. The van der Waals surface area contributed by atoms with Gasteiger partial charge in [0.2, 0.25) is 10.0 Å². The first-order valence-electron chi connectivity index (χ1n) is 5.66. The first kappa shape index (κ1) is 13.9. The third-order valence-electron chi connectivity index (χ3n) is 2.76. The molecule has 0 aromatic carbocycles. The van der Waals surface area contributed by atoms with Gasteiger partial charge >= 0.3 is 0 Å². The van der Waals surface area contributed by atoms with Crippen LogP contribution in [0.4, 0.5) is 5.82 Å². The Bertz CT molecular complexity index is 456. The summed E-state index contributed by atoms with van der Waals surface area (Å²) in [5.74, 6) is 0.315. The highest BCUT2D eigenvalue weighted by Crippen LogP contribution is 2.19. The van der Waals surface area contributed by atoms with Crippen molar-refractivity contribution in [1.82, 2.24) is 9.29 Å². The van der Waals surface area contributed by atoms with E-state index in [0.717, 1.165) is 6.42 Å². The van der Waals surface area contributed by atoms with Gasteiger partial charge in [-0.1, -0.05) is 13.8 Å². The smallest absolute Gasteiger partial charge is 0.244 e. The Morgan fingerprint density at radius 1 is 1.41 bits per heavy atom. The number of nitrogens with zero attached hydrogens (tertiary/aromatic N) is 2. The lowest BCUT2D eigenvalue weighted by Gasteiger charge is -2.26. The lowest BCUT2D eigenvalue weighted by Crippen LogP contribution is -2.38. The van der Waals surface area contributed by atoms with Gasteiger partial charge in [-0.05, 0) is 25.5 Å². The summed E-state index contributed by atoms with van der Waals surface area (Å²) < 4.78 is 26.1. The Kier molecular flexibility index (Phi) is 4.47. The zero-order valence-corrected chi connectivity index (χ0v) is 11.2. The molecule has 96 valence electrons. The summed E-state index contributed by atoms with van der Waals surface area (Å²) in [6.07, 6.45) is 2.07. The van der Waals surface area contributed by atoms with Crippen LogP contribution in [0.25, 0.3) is 0 Å². The number of aromatic nitrogens is 1. The Hall–Kier alpha value is -1.14. The summed E-state index contributed by atoms with van der Waals surface area (Å²) in [6, 6.07) is 2.96. The number of nitrogen functional groups attached to an aromatic ring is 1. The van der Waals surface area contributed by atoms with Gasteiger partial charge in [-0.15, -0.1) is 0 Å². The lowest BCUT2D eigenvalue weighted by molar-refractivity contribution is 0.342. The third-order valence-corrected chi connectivity index (χ3v) is 4.83. The van der Waals surface area contributed by atoms with E-state index in [2.05, 4.69) is 4.98 Å². The molecular weight excluding hydrogens is 238 g/mol. The lowest BCUT2D eigenvalue weighted by atomic mass is 10.3. The summed E-state index contributed by atoms with van der Waals surface area (Å²) in [5.41, 5.74) is 5.44. The summed E-state index contributed by atoms with van der Waals surface area (Å²) in [5, 5.41) is 0. The Morgan fingerprint density at radius 3 is 2.47 bits per heavy atom. The van der Waals surface area contributed by atoms with Crippen molar-refractivity contribution in [3.8, 4) is 0 Å². The van der Waals surface area contributed by atoms with E-state index < -0.39 is 10.0 Å². The number of pyridine rings is 1. The maximum atomic E-state index is 12.3. The molecular formula is C11H19N3O2S. The van der Waals surface area contributed by atoms with Crippen LogP contribution in [0.3, 0.4) is 0 Å². The number of hydrogen-bond acceptors (Lipinski definition) is 4. The predicted molar refractivity (Wildman–Crippen MR) is 68.0 cm³/mol. The fourth-order valence-corrected chi connectivity index (χ4v) is 3.26. The largest absolute Gasteiger partial charge is 0.384 e. The van der Waals surface area contributed by atoms with Crippen molar-refractivity contribution in [1.29, 1.82) is 0 Å². The van der Waals surface area contributed by atoms with Crippen molar-refractivity contribution < 1.29 is 8.42 Å². The Morgan fingerprint density at radius 2 is 2.06 bits per heavy atom. The molecule has 5 nitrogen and oxygen atoms in total. The minimum atomic E-state index is -3.46. The van der Waals surface area contributed by atoms with Crippen molar-refractivity contribution in [2.45, 2.75) is 38.1 Å². The van der Waals surface area contributed by atoms with E-state index >= 15 is 0 Å². The highest BCUT2D eigenvalue weighted by atomic mass is 32.2. The Labute approximate surface area is 103 Å². The Balaban J connectivity index is 3.13. The zero-order valence-electron chi connectivity index (χ0n) is 10.4. The van der Waals surface area contributed by atoms with Gasteiger partial charge in [-0.3, -0.25) is 0 Å². The fourth-order valence-electron chi connectivity index (χ4n) is 1.60. The monoisotopic (exact) mass is 257 g/mol. The van der Waals surface area contributed by atoms with Crippen LogP contribution in [0.15, 0.2) is 23.2 Å². The van der Waals surface area contributed by atoms with Crippen LogP contribution >= 0.6 is 0 Å². The standard InChI is InChI=1S/C11H19N3O2S/c1-4-9(3)14(5-2)17(15,16)10-6-7-11(12)13-8-10/h6-9H,4-5H2,1-3H3,(H2,12,13). The number of rotatable bonds is 5. The van der Waals surface area contributed by atoms with Crippen LogP contribution in [0.2, 0.25) is 0 Å². The number of nitrogens with two attached hydrogens (primary N) is 1. The molecule has 0 radical (unpaired) electrons. The van der Waals surface area contributed by atoms with Crippen LogP contribution in [0, 0.1) is 0 Å². The fraction of sp³-hybridized carbons (Fsp3) is 0.545. The van der Waals surface area contributed by atoms with Gasteiger partial charge in [0, 0.05) is 18.8 Å². The molecule has 2 N–H and O–H groups in total. The second kappa shape index (κ2) is 5.46. The maximum absolute atomic E-state index is 12.3. The SMILES string of the molecule is CCC(C)N(CC)S(=O)(=O)c1ccc(N)nc1. The van der Waals surface area contributed by atoms with Crippen LogP contribution in [0.5, 0.6) is 0 Å². The molecule has 0 fully saturated rings. The molecule has 1 unspecified atom stereocenters. The van der Waals surface area contributed by atoms with Gasteiger partial charge in [0.1, 0.15) is 10.7 Å². The first-order chi connectivity index (χ1) is 7.93. The van der Waals surface area contributed by atoms with E-state index in [1.807, 2.05) is 20.8 Å². The molecule has 1 rings (SSSR count). The van der Waals surface area contributed by atoms with Crippen LogP contribution < -0.4 is 5.73 Å². The highest BCUT2D eigenvalue weighted by molar-refractivity contribution is 7.89. The van der Waals surface area contributed by atoms with Gasteiger partial charge in [0.15, 0.2) is 0 Å². The summed E-state index contributed by atoms with van der Waals surface area (Å²) in [4.78, 5) is 4.01. The normalized spacial score (nSPS) is 13.9. The molecule has 1 aromatic heterocycles. The van der Waals surface area contributed by atoms with Gasteiger partial charge in [-0.2, -0.15) is 4.31 Å². The second-order valence-corrected chi connectivity index (χ2v) is 5.77. The molecule has 0 amide bonds. The average molecular weight is 257 g/mol. The molecule has 0 aliphatic rings. The molecule has 0 saturated heterocycles. The molecule has 1 atom stereocenters. The van der Waals surface area contributed by atoms with Crippen LogP contribution in [-0.4, -0.2) is 30.3 Å². The summed E-state index contributed by atoms with van der Waals surface area (Å²) in [7, 11) is -3.46. The van der Waals surface area contributed by atoms with Crippen molar-refractivity contribution >= 4 is 15.8 Å². The van der Waals surface area contributed by atoms with Crippen molar-refractivity contribution in [2.75, 3.05) is 12.3 Å². The number of hydrogen-bond donors (Lipinski definition) is 1. The second-order valence-electron chi connectivity index (χ2n) is 3.88. The molecule has 1 heterocycles. The zero-order chi connectivity index (χ0) is 13.1. The van der Waals surface area contributed by atoms with E-state index in [1.165, 1.54) is 22.6 Å². The van der Waals surface area contributed by atoms with Gasteiger partial charge in [-0.25, -0.2) is 13.4 Å². The van der Waals surface area contributed by atoms with Crippen LogP contribution in [-0.2, 0) is 10.0 Å². The minimum Gasteiger partial charge on any atom is -0.384 e. The first-order valence-corrected chi connectivity index (χ1v) is 7.10. The minimum absolute atomic E-state index is 0.0254. The van der Waals surface area contributed by atoms with Gasteiger partial charge in [0.25, 0.3) is 0 Å². The van der Waals surface area contributed by atoms with E-state index in [4.69, 9.17) is 5.73 Å². The summed E-state index contributed by atoms with van der Waals surface area (Å²) >= 11 is 0. The number of anilines is 1. The average Bonchev–Trinajstić information content (AvgIpc) is 2.29. The molecule has 17 heavy (non-hydrogen) atoms. The summed E-state index contributed by atoms with van der Waals surface area (Å²) in [6.45, 7) is 6.13. The van der Waals surface area contributed by atoms with E-state index in [1.54, 1.807) is 0 Å². The highest BCUT2D eigenvalue weighted by Gasteiger charge is 2.26. The maximum Gasteiger partial charge on any atom is 0.244 e. The van der Waals surface area contributed by atoms with Crippen molar-refractivity contribution in [3.63, 3.8) is 0 Å². The van der Waals surface area contributed by atoms with Gasteiger partial charge < -0.3 is 5.73 Å². The van der Waals surface area contributed by atoms with Gasteiger partial charge in [0.05, 0.1) is 0 Å². The van der Waals surface area contributed by atoms with E-state index in [0.29, 0.717) is 12.4 Å². The number of sulfonamides is 1. The predicted octanol–water partition coefficient (Wildman–Crippen LogP) is 1.47. The quantitative estimate of drug-likeness (QED) is 0.866. The van der Waals surface area contributed by atoms with Crippen LogP contribution in [0.1, 0.15) is 27.2 Å². The topological polar surface area (TPSA) is 76.3 Å². The molecule has 0 aliphatic carbocycles. The van der Waals surface area contributed by atoms with E-state index in [-0.39, 0.29) is 10.9 Å². The van der Waals surface area contributed by atoms with Crippen molar-refractivity contribution in [2.24, 2.45) is 0 Å². The third kappa shape index (κ3) is 2.95. The van der Waals surface area contributed by atoms with E-state index in [9.17, 15) is 8.42 Å². The molecule has 0 spiro atoms. The van der Waals surface area contributed by atoms with Crippen molar-refractivity contribution in [3.05, 3.63) is 18.3 Å². The molecule has 0 aliphatic heterocycles. The molecule has 6 heteroatoms. The molecule has 0 saturated carbocycles. The molecule has 0 bridgehead atoms.